The highest BCUT2D eigenvalue weighted by Gasteiger charge is 2.28. The molecule has 0 radical (unpaired) electrons. The van der Waals surface area contributed by atoms with E-state index in [1.54, 1.807) is 23.7 Å². The van der Waals surface area contributed by atoms with Crippen LogP contribution < -0.4 is 0 Å². The number of carbonyl (C=O) groups is 1. The lowest BCUT2D eigenvalue weighted by atomic mass is 10.0. The maximum absolute atomic E-state index is 12.2. The molecule has 2 rings (SSSR count). The summed E-state index contributed by atoms with van der Waals surface area (Å²) >= 11 is 1.70. The van der Waals surface area contributed by atoms with Crippen molar-refractivity contribution in [2.45, 2.75) is 11.7 Å². The smallest absolute Gasteiger partial charge is 0.240 e. The van der Waals surface area contributed by atoms with Crippen molar-refractivity contribution in [2.75, 3.05) is 26.0 Å². The van der Waals surface area contributed by atoms with Crippen LogP contribution in [0.5, 0.6) is 0 Å². The molecule has 1 aromatic carbocycles. The second-order valence-corrected chi connectivity index (χ2v) is 5.40. The van der Waals surface area contributed by atoms with Crippen molar-refractivity contribution in [1.82, 2.24) is 4.90 Å². The molecule has 92 valence electrons. The maximum Gasteiger partial charge on any atom is 0.240 e. The van der Waals surface area contributed by atoms with Crippen LogP contribution in [0.15, 0.2) is 24.3 Å². The number of likely N-dealkylation sites (N-methyl/N-ethyl adjacent to an activating group) is 1. The van der Waals surface area contributed by atoms with Gasteiger partial charge in [-0.1, -0.05) is 24.3 Å². The topological polar surface area (TPSA) is 40.5 Å². The number of thioether (sulfide) groups is 1. The molecule has 3 nitrogen and oxygen atoms in total. The van der Waals surface area contributed by atoms with Gasteiger partial charge in [0.05, 0.1) is 6.61 Å². The number of fused-ring (bicyclic) bond motifs is 1. The molecule has 0 aliphatic carbocycles. The van der Waals surface area contributed by atoms with E-state index in [0.717, 1.165) is 17.7 Å². The first-order chi connectivity index (χ1) is 8.24. The number of hydrogen-bond donors (Lipinski definition) is 1. The maximum atomic E-state index is 12.2. The summed E-state index contributed by atoms with van der Waals surface area (Å²) in [7, 11) is 1.75. The predicted octanol–water partition coefficient (Wildman–Crippen LogP) is 1.47. The number of carbonyl (C=O) groups excluding carboxylic acids is 1. The molecule has 1 atom stereocenters. The van der Waals surface area contributed by atoms with Gasteiger partial charge in [0.2, 0.25) is 5.91 Å². The molecule has 0 saturated heterocycles. The van der Waals surface area contributed by atoms with E-state index in [1.807, 2.05) is 18.2 Å². The first kappa shape index (κ1) is 12.5. The first-order valence-corrected chi connectivity index (χ1v) is 6.84. The Morgan fingerprint density at radius 3 is 3.06 bits per heavy atom. The highest BCUT2D eigenvalue weighted by atomic mass is 32.2. The number of nitrogens with zero attached hydrogens (tertiary/aromatic N) is 1. The Morgan fingerprint density at radius 1 is 1.53 bits per heavy atom. The molecule has 1 N–H and O–H groups in total. The number of rotatable bonds is 3. The van der Waals surface area contributed by atoms with Gasteiger partial charge in [0.15, 0.2) is 0 Å². The molecule has 1 aliphatic rings. The van der Waals surface area contributed by atoms with Crippen molar-refractivity contribution in [1.29, 1.82) is 0 Å². The van der Waals surface area contributed by atoms with Crippen LogP contribution in [-0.4, -0.2) is 41.9 Å². The molecular weight excluding hydrogens is 234 g/mol. The lowest BCUT2D eigenvalue weighted by Gasteiger charge is -2.27. The molecule has 1 unspecified atom stereocenters. The standard InChI is InChI=1S/C13H17NO2S/c1-14(7-8-15)13(16)12-11-5-3-2-4-10(11)6-9-17-12/h2-5,12,15H,6-9H2,1H3. The van der Waals surface area contributed by atoms with Gasteiger partial charge in [-0.3, -0.25) is 4.79 Å². The van der Waals surface area contributed by atoms with Gasteiger partial charge >= 0.3 is 0 Å². The van der Waals surface area contributed by atoms with E-state index in [0.29, 0.717) is 6.54 Å². The van der Waals surface area contributed by atoms with E-state index in [9.17, 15) is 4.79 Å². The van der Waals surface area contributed by atoms with Crippen LogP contribution in [0.2, 0.25) is 0 Å². The Kier molecular flexibility index (Phi) is 4.07. The van der Waals surface area contributed by atoms with Gasteiger partial charge < -0.3 is 10.0 Å². The number of benzene rings is 1. The van der Waals surface area contributed by atoms with Crippen LogP contribution in [0.1, 0.15) is 16.4 Å². The van der Waals surface area contributed by atoms with E-state index in [-0.39, 0.29) is 17.8 Å². The van der Waals surface area contributed by atoms with Crippen molar-refractivity contribution in [3.05, 3.63) is 35.4 Å². The number of aliphatic hydroxyl groups excluding tert-OH is 1. The van der Waals surface area contributed by atoms with Crippen molar-refractivity contribution in [3.63, 3.8) is 0 Å². The molecule has 17 heavy (non-hydrogen) atoms. The molecule has 4 heteroatoms. The van der Waals surface area contributed by atoms with Crippen molar-refractivity contribution >= 4 is 17.7 Å². The molecule has 1 heterocycles. The zero-order valence-corrected chi connectivity index (χ0v) is 10.7. The normalized spacial score (nSPS) is 18.6. The summed E-state index contributed by atoms with van der Waals surface area (Å²) in [4.78, 5) is 13.9. The Balaban J connectivity index is 2.20. The average molecular weight is 251 g/mol. The SMILES string of the molecule is CN(CCO)C(=O)C1SCCc2ccccc21. The van der Waals surface area contributed by atoms with Crippen LogP contribution in [0, 0.1) is 0 Å². The van der Waals surface area contributed by atoms with Crippen molar-refractivity contribution < 1.29 is 9.90 Å². The van der Waals surface area contributed by atoms with E-state index in [1.165, 1.54) is 5.56 Å². The molecule has 0 fully saturated rings. The van der Waals surface area contributed by atoms with Gasteiger partial charge in [-0.05, 0) is 23.3 Å². The fraction of sp³-hybridized carbons (Fsp3) is 0.462. The molecule has 1 amide bonds. The van der Waals surface area contributed by atoms with Crippen LogP contribution in [0.3, 0.4) is 0 Å². The van der Waals surface area contributed by atoms with Crippen LogP contribution in [0.4, 0.5) is 0 Å². The molecule has 0 aromatic heterocycles. The molecule has 1 aliphatic heterocycles. The fourth-order valence-electron chi connectivity index (χ4n) is 2.06. The number of amides is 1. The largest absolute Gasteiger partial charge is 0.395 e. The van der Waals surface area contributed by atoms with E-state index >= 15 is 0 Å². The summed E-state index contributed by atoms with van der Waals surface area (Å²) in [5.41, 5.74) is 2.42. The fourth-order valence-corrected chi connectivity index (χ4v) is 3.36. The summed E-state index contributed by atoms with van der Waals surface area (Å²) in [6, 6.07) is 8.14. The zero-order valence-electron chi connectivity index (χ0n) is 9.93. The number of aryl methyl sites for hydroxylation is 1. The summed E-state index contributed by atoms with van der Waals surface area (Å²) in [6.07, 6.45) is 1.04. The Bertz CT molecular complexity index is 408. The first-order valence-electron chi connectivity index (χ1n) is 5.79. The second kappa shape index (κ2) is 5.56. The predicted molar refractivity (Wildman–Crippen MR) is 70.1 cm³/mol. The quantitative estimate of drug-likeness (QED) is 0.884. The van der Waals surface area contributed by atoms with Gasteiger partial charge in [0.25, 0.3) is 0 Å². The van der Waals surface area contributed by atoms with E-state index in [4.69, 9.17) is 5.11 Å². The Hall–Kier alpha value is -1.00. The molecule has 0 spiro atoms. The van der Waals surface area contributed by atoms with Crippen molar-refractivity contribution in [2.24, 2.45) is 0 Å². The molecule has 0 bridgehead atoms. The Morgan fingerprint density at radius 2 is 2.29 bits per heavy atom. The summed E-state index contributed by atoms with van der Waals surface area (Å²) in [6.45, 7) is 0.416. The molecular formula is C13H17NO2S. The summed E-state index contributed by atoms with van der Waals surface area (Å²) in [5.74, 6) is 1.08. The third-order valence-electron chi connectivity index (χ3n) is 3.03. The highest BCUT2D eigenvalue weighted by Crippen LogP contribution is 2.37. The molecule has 0 saturated carbocycles. The van der Waals surface area contributed by atoms with Crippen LogP contribution in [0.25, 0.3) is 0 Å². The van der Waals surface area contributed by atoms with Crippen LogP contribution >= 0.6 is 11.8 Å². The highest BCUT2D eigenvalue weighted by molar-refractivity contribution is 8.00. The number of hydrogen-bond acceptors (Lipinski definition) is 3. The lowest BCUT2D eigenvalue weighted by Crippen LogP contribution is -2.34. The average Bonchev–Trinajstić information content (AvgIpc) is 2.37. The van der Waals surface area contributed by atoms with Gasteiger partial charge in [-0.15, -0.1) is 11.8 Å². The summed E-state index contributed by atoms with van der Waals surface area (Å²) < 4.78 is 0. The zero-order chi connectivity index (χ0) is 12.3. The van der Waals surface area contributed by atoms with Gasteiger partial charge in [0.1, 0.15) is 5.25 Å². The third kappa shape index (κ3) is 2.64. The lowest BCUT2D eigenvalue weighted by molar-refractivity contribution is -0.129. The Labute approximate surface area is 106 Å². The van der Waals surface area contributed by atoms with Crippen molar-refractivity contribution in [3.8, 4) is 0 Å². The van der Waals surface area contributed by atoms with E-state index < -0.39 is 0 Å². The minimum absolute atomic E-state index is 0.0152. The summed E-state index contributed by atoms with van der Waals surface area (Å²) in [5, 5.41) is 8.78. The third-order valence-corrected chi connectivity index (χ3v) is 4.26. The number of aliphatic hydroxyl groups is 1. The van der Waals surface area contributed by atoms with Gasteiger partial charge in [-0.2, -0.15) is 0 Å². The molecule has 1 aromatic rings. The second-order valence-electron chi connectivity index (χ2n) is 4.18. The van der Waals surface area contributed by atoms with Gasteiger partial charge in [0, 0.05) is 13.6 Å². The van der Waals surface area contributed by atoms with Gasteiger partial charge in [-0.25, -0.2) is 0 Å². The monoisotopic (exact) mass is 251 g/mol. The van der Waals surface area contributed by atoms with Crippen LogP contribution in [-0.2, 0) is 11.2 Å². The van der Waals surface area contributed by atoms with E-state index in [2.05, 4.69) is 6.07 Å². The minimum Gasteiger partial charge on any atom is -0.395 e. The minimum atomic E-state index is -0.100.